The molecule has 9 heteroatoms. The summed E-state index contributed by atoms with van der Waals surface area (Å²) < 4.78 is 4.84. The topological polar surface area (TPSA) is 68.3 Å². The fourth-order valence-corrected chi connectivity index (χ4v) is 2.30. The lowest BCUT2D eigenvalue weighted by Crippen LogP contribution is -2.21. The third kappa shape index (κ3) is 4.72. The predicted molar refractivity (Wildman–Crippen MR) is 89.6 cm³/mol. The third-order valence-corrected chi connectivity index (χ3v) is 4.03. The Morgan fingerprint density at radius 2 is 1.87 bits per heavy atom. The molecule has 0 bridgehead atoms. The first-order valence-electron chi connectivity index (χ1n) is 6.10. The van der Waals surface area contributed by atoms with Crippen molar-refractivity contribution in [1.82, 2.24) is 4.98 Å². The molecular formula is C14H8Cl4N2O3. The molecular weight excluding hydrogens is 386 g/mol. The zero-order chi connectivity index (χ0) is 17.0. The first-order chi connectivity index (χ1) is 10.9. The molecule has 1 heterocycles. The van der Waals surface area contributed by atoms with Gasteiger partial charge in [-0.25, -0.2) is 9.78 Å². The van der Waals surface area contributed by atoms with Crippen molar-refractivity contribution in [3.63, 3.8) is 0 Å². The number of hydrogen-bond donors (Lipinski definition) is 1. The van der Waals surface area contributed by atoms with E-state index in [4.69, 9.17) is 51.1 Å². The Labute approximate surface area is 151 Å². The van der Waals surface area contributed by atoms with Crippen molar-refractivity contribution in [3.8, 4) is 0 Å². The maximum Gasteiger partial charge on any atom is 0.359 e. The van der Waals surface area contributed by atoms with Gasteiger partial charge < -0.3 is 10.1 Å². The van der Waals surface area contributed by atoms with Gasteiger partial charge in [-0.1, -0.05) is 52.5 Å². The monoisotopic (exact) mass is 392 g/mol. The molecule has 2 aromatic rings. The van der Waals surface area contributed by atoms with Gasteiger partial charge in [0, 0.05) is 16.9 Å². The Morgan fingerprint density at radius 1 is 1.13 bits per heavy atom. The second-order valence-corrected chi connectivity index (χ2v) is 5.82. The predicted octanol–water partition coefficient (Wildman–Crippen LogP) is 4.49. The van der Waals surface area contributed by atoms with Gasteiger partial charge in [-0.3, -0.25) is 4.79 Å². The molecule has 1 N–H and O–H groups in total. The lowest BCUT2D eigenvalue weighted by Gasteiger charge is -2.08. The third-order valence-electron chi connectivity index (χ3n) is 2.55. The van der Waals surface area contributed by atoms with Crippen LogP contribution in [0, 0.1) is 0 Å². The largest absolute Gasteiger partial charge is 0.451 e. The van der Waals surface area contributed by atoms with Crippen molar-refractivity contribution in [2.24, 2.45) is 0 Å². The summed E-state index contributed by atoms with van der Waals surface area (Å²) in [7, 11) is 0. The number of aromatic nitrogens is 1. The zero-order valence-electron chi connectivity index (χ0n) is 11.3. The summed E-state index contributed by atoms with van der Waals surface area (Å²) in [5.41, 5.74) is 0.251. The fourth-order valence-electron chi connectivity index (χ4n) is 1.55. The van der Waals surface area contributed by atoms with E-state index in [-0.39, 0.29) is 20.8 Å². The first kappa shape index (κ1) is 17.8. The molecule has 0 aliphatic rings. The summed E-state index contributed by atoms with van der Waals surface area (Å²) in [4.78, 5) is 27.3. The quantitative estimate of drug-likeness (QED) is 0.777. The van der Waals surface area contributed by atoms with Crippen LogP contribution in [-0.4, -0.2) is 23.5 Å². The van der Waals surface area contributed by atoms with Crippen LogP contribution in [0.25, 0.3) is 0 Å². The number of benzene rings is 1. The highest BCUT2D eigenvalue weighted by Crippen LogP contribution is 2.31. The van der Waals surface area contributed by atoms with Gasteiger partial charge in [0.1, 0.15) is 0 Å². The van der Waals surface area contributed by atoms with Crippen molar-refractivity contribution in [3.05, 3.63) is 56.2 Å². The SMILES string of the molecule is O=C(COC(=O)c1ncc(Cl)c(Cl)c1Cl)Nc1cccc(Cl)c1. The normalized spacial score (nSPS) is 10.3. The highest BCUT2D eigenvalue weighted by molar-refractivity contribution is 6.48. The highest BCUT2D eigenvalue weighted by Gasteiger charge is 2.19. The van der Waals surface area contributed by atoms with Gasteiger partial charge in [0.25, 0.3) is 5.91 Å². The number of halogens is 4. The van der Waals surface area contributed by atoms with Crippen molar-refractivity contribution >= 4 is 64.0 Å². The molecule has 0 spiro atoms. The van der Waals surface area contributed by atoms with E-state index in [1.807, 2.05) is 0 Å². The van der Waals surface area contributed by atoms with E-state index in [1.165, 1.54) is 6.20 Å². The van der Waals surface area contributed by atoms with Crippen LogP contribution in [-0.2, 0) is 9.53 Å². The molecule has 0 unspecified atom stereocenters. The van der Waals surface area contributed by atoms with Gasteiger partial charge in [-0.05, 0) is 18.2 Å². The van der Waals surface area contributed by atoms with Crippen LogP contribution in [0.15, 0.2) is 30.5 Å². The minimum atomic E-state index is -0.894. The molecule has 23 heavy (non-hydrogen) atoms. The van der Waals surface area contributed by atoms with Gasteiger partial charge in [0.15, 0.2) is 12.3 Å². The Kier molecular flexibility index (Phi) is 6.07. The Balaban J connectivity index is 1.96. The summed E-state index contributed by atoms with van der Waals surface area (Å²) >= 11 is 23.2. The summed E-state index contributed by atoms with van der Waals surface area (Å²) in [6, 6.07) is 6.53. The van der Waals surface area contributed by atoms with E-state index in [1.54, 1.807) is 24.3 Å². The molecule has 0 saturated heterocycles. The number of anilines is 1. The van der Waals surface area contributed by atoms with Crippen LogP contribution in [0.1, 0.15) is 10.5 Å². The number of nitrogens with one attached hydrogen (secondary N) is 1. The summed E-state index contributed by atoms with van der Waals surface area (Å²) in [6.45, 7) is -0.524. The van der Waals surface area contributed by atoms with Crippen molar-refractivity contribution in [2.45, 2.75) is 0 Å². The molecule has 2 rings (SSSR count). The number of ether oxygens (including phenoxy) is 1. The van der Waals surface area contributed by atoms with Gasteiger partial charge in [0.05, 0.1) is 15.1 Å². The van der Waals surface area contributed by atoms with Crippen molar-refractivity contribution in [1.29, 1.82) is 0 Å². The Bertz CT molecular complexity index is 768. The van der Waals surface area contributed by atoms with Crippen LogP contribution in [0.3, 0.4) is 0 Å². The van der Waals surface area contributed by atoms with Crippen molar-refractivity contribution < 1.29 is 14.3 Å². The maximum atomic E-state index is 11.9. The number of rotatable bonds is 4. The molecule has 0 saturated carbocycles. The highest BCUT2D eigenvalue weighted by atomic mass is 35.5. The molecule has 5 nitrogen and oxygen atoms in total. The van der Waals surface area contributed by atoms with E-state index in [0.29, 0.717) is 10.7 Å². The molecule has 0 radical (unpaired) electrons. The minimum absolute atomic E-state index is 0.0151. The number of amides is 1. The lowest BCUT2D eigenvalue weighted by atomic mass is 10.3. The molecule has 1 aromatic carbocycles. The van der Waals surface area contributed by atoms with Crippen LogP contribution < -0.4 is 5.32 Å². The van der Waals surface area contributed by atoms with Crippen LogP contribution in [0.5, 0.6) is 0 Å². The van der Waals surface area contributed by atoms with E-state index in [0.717, 1.165) is 0 Å². The number of hydrogen-bond acceptors (Lipinski definition) is 4. The summed E-state index contributed by atoms with van der Waals surface area (Å²) in [5, 5.41) is 2.94. The molecule has 0 aliphatic heterocycles. The zero-order valence-corrected chi connectivity index (χ0v) is 14.3. The summed E-state index contributed by atoms with van der Waals surface area (Å²) in [5.74, 6) is -1.44. The number of carbonyl (C=O) groups is 2. The van der Waals surface area contributed by atoms with E-state index >= 15 is 0 Å². The fraction of sp³-hybridized carbons (Fsp3) is 0.0714. The average Bonchev–Trinajstić information content (AvgIpc) is 2.50. The molecule has 0 atom stereocenters. The lowest BCUT2D eigenvalue weighted by molar-refractivity contribution is -0.119. The standard InChI is InChI=1S/C14H8Cl4N2O3/c15-7-2-1-3-8(4-7)20-10(21)6-23-14(22)13-12(18)11(17)9(16)5-19-13/h1-5H,6H2,(H,20,21). The van der Waals surface area contributed by atoms with Crippen LogP contribution in [0.2, 0.25) is 20.1 Å². The average molecular weight is 394 g/mol. The van der Waals surface area contributed by atoms with Gasteiger partial charge >= 0.3 is 5.97 Å². The number of esters is 1. The number of carbonyl (C=O) groups excluding carboxylic acids is 2. The molecule has 1 amide bonds. The van der Waals surface area contributed by atoms with E-state index < -0.39 is 18.5 Å². The van der Waals surface area contributed by atoms with Gasteiger partial charge in [-0.15, -0.1) is 0 Å². The number of nitrogens with zero attached hydrogens (tertiary/aromatic N) is 1. The minimum Gasteiger partial charge on any atom is -0.451 e. The number of pyridine rings is 1. The van der Waals surface area contributed by atoms with Crippen molar-refractivity contribution in [2.75, 3.05) is 11.9 Å². The molecule has 120 valence electrons. The van der Waals surface area contributed by atoms with E-state index in [9.17, 15) is 9.59 Å². The maximum absolute atomic E-state index is 11.9. The first-order valence-corrected chi connectivity index (χ1v) is 7.61. The smallest absolute Gasteiger partial charge is 0.359 e. The van der Waals surface area contributed by atoms with Gasteiger partial charge in [0.2, 0.25) is 0 Å². The second kappa shape index (κ2) is 7.84. The van der Waals surface area contributed by atoms with Crippen LogP contribution in [0.4, 0.5) is 5.69 Å². The molecule has 0 fully saturated rings. The second-order valence-electron chi connectivity index (χ2n) is 4.22. The summed E-state index contributed by atoms with van der Waals surface area (Å²) in [6.07, 6.45) is 1.17. The molecule has 1 aromatic heterocycles. The Morgan fingerprint density at radius 3 is 2.57 bits per heavy atom. The molecule has 0 aliphatic carbocycles. The Hall–Kier alpha value is -1.53. The van der Waals surface area contributed by atoms with Crippen LogP contribution >= 0.6 is 46.4 Å². The van der Waals surface area contributed by atoms with E-state index in [2.05, 4.69) is 10.3 Å². The van der Waals surface area contributed by atoms with Gasteiger partial charge in [-0.2, -0.15) is 0 Å².